The fraction of sp³-hybridized carbons (Fsp3) is 0.0400. The first-order valence-electron chi connectivity index (χ1n) is 9.80. The second kappa shape index (κ2) is 7.45. The van der Waals surface area contributed by atoms with Gasteiger partial charge in [0.2, 0.25) is 0 Å². The van der Waals surface area contributed by atoms with Gasteiger partial charge in [-0.15, -0.1) is 0 Å². The molecule has 3 N–H and O–H groups in total. The van der Waals surface area contributed by atoms with Crippen LogP contribution in [0.4, 0.5) is 0 Å². The van der Waals surface area contributed by atoms with Crippen LogP contribution in [0.25, 0.3) is 44.4 Å². The standard InChI is InChI=1S/C25H16O8/c1-31-21-11-20-13(4-7-22(30)32-20)8-15(21)23-16(27)9-17(28)24-18(29)10-19(33-25(23)24)12-2-5-14(26)6-3-12/h2-11,26-28H,1H3. The first kappa shape index (κ1) is 20.2. The van der Waals surface area contributed by atoms with Gasteiger partial charge in [-0.05, 0) is 36.4 Å². The fourth-order valence-corrected chi connectivity index (χ4v) is 3.79. The highest BCUT2D eigenvalue weighted by Crippen LogP contribution is 2.45. The van der Waals surface area contributed by atoms with Gasteiger partial charge in [-0.2, -0.15) is 0 Å². The maximum absolute atomic E-state index is 12.9. The maximum Gasteiger partial charge on any atom is 0.336 e. The maximum atomic E-state index is 12.9. The monoisotopic (exact) mass is 444 g/mol. The Morgan fingerprint density at radius 2 is 1.58 bits per heavy atom. The molecule has 0 atom stereocenters. The fourth-order valence-electron chi connectivity index (χ4n) is 3.79. The number of hydrogen-bond donors (Lipinski definition) is 3. The molecule has 5 aromatic rings. The quantitative estimate of drug-likeness (QED) is 0.350. The van der Waals surface area contributed by atoms with Gasteiger partial charge in [-0.3, -0.25) is 4.79 Å². The summed E-state index contributed by atoms with van der Waals surface area (Å²) in [6.45, 7) is 0. The van der Waals surface area contributed by atoms with E-state index in [0.29, 0.717) is 16.5 Å². The summed E-state index contributed by atoms with van der Waals surface area (Å²) in [5, 5.41) is 31.2. The van der Waals surface area contributed by atoms with E-state index in [4.69, 9.17) is 13.6 Å². The number of aromatic hydroxyl groups is 3. The smallest absolute Gasteiger partial charge is 0.336 e. The van der Waals surface area contributed by atoms with Gasteiger partial charge in [0.1, 0.15) is 39.7 Å². The van der Waals surface area contributed by atoms with Crippen molar-refractivity contribution in [1.82, 2.24) is 0 Å². The van der Waals surface area contributed by atoms with Crippen molar-refractivity contribution in [2.24, 2.45) is 0 Å². The van der Waals surface area contributed by atoms with Crippen LogP contribution in [0.5, 0.6) is 23.0 Å². The molecule has 0 aliphatic rings. The summed E-state index contributed by atoms with van der Waals surface area (Å²) in [5.74, 6) is -0.323. The van der Waals surface area contributed by atoms with Gasteiger partial charge < -0.3 is 28.9 Å². The Labute approximate surface area is 185 Å². The third kappa shape index (κ3) is 3.34. The lowest BCUT2D eigenvalue weighted by Crippen LogP contribution is -2.02. The van der Waals surface area contributed by atoms with Crippen LogP contribution in [0.3, 0.4) is 0 Å². The van der Waals surface area contributed by atoms with Crippen LogP contribution in [0.1, 0.15) is 0 Å². The topological polar surface area (TPSA) is 130 Å². The van der Waals surface area contributed by atoms with E-state index in [1.807, 2.05) is 0 Å². The Morgan fingerprint density at radius 1 is 0.818 bits per heavy atom. The van der Waals surface area contributed by atoms with Crippen LogP contribution in [-0.2, 0) is 0 Å². The predicted molar refractivity (Wildman–Crippen MR) is 121 cm³/mol. The van der Waals surface area contributed by atoms with Gasteiger partial charge in [-0.25, -0.2) is 4.79 Å². The second-order valence-electron chi connectivity index (χ2n) is 7.36. The molecule has 0 saturated heterocycles. The SMILES string of the molecule is COc1cc2oc(=O)ccc2cc1-c1c(O)cc(O)c2c(=O)cc(-c3ccc(O)cc3)oc12. The highest BCUT2D eigenvalue weighted by atomic mass is 16.5. The number of ether oxygens (including phenoxy) is 1. The average Bonchev–Trinajstić information content (AvgIpc) is 2.78. The minimum Gasteiger partial charge on any atom is -0.508 e. The van der Waals surface area contributed by atoms with Crippen molar-refractivity contribution in [3.8, 4) is 45.4 Å². The summed E-state index contributed by atoms with van der Waals surface area (Å²) in [5.41, 5.74) is 0.143. The molecule has 164 valence electrons. The molecule has 0 spiro atoms. The van der Waals surface area contributed by atoms with Crippen LogP contribution in [-0.4, -0.2) is 22.4 Å². The van der Waals surface area contributed by atoms with E-state index in [2.05, 4.69) is 0 Å². The predicted octanol–water partition coefficient (Wildman–Crippen LogP) is 4.36. The first-order valence-corrected chi connectivity index (χ1v) is 9.80. The Kier molecular flexibility index (Phi) is 4.56. The second-order valence-corrected chi connectivity index (χ2v) is 7.36. The van der Waals surface area contributed by atoms with E-state index in [1.165, 1.54) is 37.4 Å². The summed E-state index contributed by atoms with van der Waals surface area (Å²) in [6, 6.07) is 14.2. The van der Waals surface area contributed by atoms with Gasteiger partial charge >= 0.3 is 5.63 Å². The molecule has 0 saturated carbocycles. The molecule has 0 unspecified atom stereocenters. The lowest BCUT2D eigenvalue weighted by molar-refractivity contribution is 0.414. The van der Waals surface area contributed by atoms with Crippen molar-refractivity contribution < 1.29 is 28.9 Å². The summed E-state index contributed by atoms with van der Waals surface area (Å²) in [6.07, 6.45) is 0. The van der Waals surface area contributed by atoms with Crippen LogP contribution in [0, 0.1) is 0 Å². The molecule has 8 heteroatoms. The van der Waals surface area contributed by atoms with Crippen molar-refractivity contribution in [2.45, 2.75) is 0 Å². The molecule has 8 nitrogen and oxygen atoms in total. The lowest BCUT2D eigenvalue weighted by Gasteiger charge is -2.14. The molecule has 0 radical (unpaired) electrons. The third-order valence-electron chi connectivity index (χ3n) is 5.32. The number of hydrogen-bond acceptors (Lipinski definition) is 8. The van der Waals surface area contributed by atoms with Crippen LogP contribution in [0.2, 0.25) is 0 Å². The molecule has 2 heterocycles. The molecule has 33 heavy (non-hydrogen) atoms. The number of methoxy groups -OCH3 is 1. The molecule has 3 aromatic carbocycles. The van der Waals surface area contributed by atoms with Gasteiger partial charge in [0.25, 0.3) is 0 Å². The normalized spacial score (nSPS) is 11.2. The Bertz CT molecular complexity index is 1660. The number of phenols is 3. The van der Waals surface area contributed by atoms with E-state index in [9.17, 15) is 24.9 Å². The number of fused-ring (bicyclic) bond motifs is 2. The van der Waals surface area contributed by atoms with Crippen LogP contribution < -0.4 is 15.8 Å². The van der Waals surface area contributed by atoms with Crippen LogP contribution in [0.15, 0.2) is 79.1 Å². The van der Waals surface area contributed by atoms with Gasteiger partial charge in [0, 0.05) is 40.8 Å². The number of phenolic OH excluding ortho intramolecular Hbond substituents is 3. The molecule has 0 aliphatic heterocycles. The zero-order valence-electron chi connectivity index (χ0n) is 17.2. The molecular formula is C25H16O8. The molecule has 2 aromatic heterocycles. The first-order chi connectivity index (χ1) is 15.9. The zero-order valence-corrected chi connectivity index (χ0v) is 17.2. The molecule has 0 aliphatic carbocycles. The van der Waals surface area contributed by atoms with Crippen LogP contribution >= 0.6 is 0 Å². The summed E-state index contributed by atoms with van der Waals surface area (Å²) < 4.78 is 16.7. The van der Waals surface area contributed by atoms with E-state index in [0.717, 1.165) is 6.07 Å². The number of benzene rings is 3. The third-order valence-corrected chi connectivity index (χ3v) is 5.32. The summed E-state index contributed by atoms with van der Waals surface area (Å²) in [7, 11) is 1.41. The molecule has 0 bridgehead atoms. The highest BCUT2D eigenvalue weighted by Gasteiger charge is 2.23. The van der Waals surface area contributed by atoms with Gasteiger partial charge in [-0.1, -0.05) is 0 Å². The average molecular weight is 444 g/mol. The Balaban J connectivity index is 1.88. The van der Waals surface area contributed by atoms with E-state index in [-0.39, 0.29) is 45.1 Å². The molecule has 5 rings (SSSR count). The highest BCUT2D eigenvalue weighted by molar-refractivity contribution is 6.02. The minimum absolute atomic E-state index is 0.0467. The largest absolute Gasteiger partial charge is 0.508 e. The van der Waals surface area contributed by atoms with E-state index >= 15 is 0 Å². The van der Waals surface area contributed by atoms with Gasteiger partial charge in [0.15, 0.2) is 11.0 Å². The Morgan fingerprint density at radius 3 is 2.30 bits per heavy atom. The van der Waals surface area contributed by atoms with Crippen molar-refractivity contribution in [3.05, 3.63) is 81.3 Å². The minimum atomic E-state index is -0.528. The number of rotatable bonds is 3. The zero-order chi connectivity index (χ0) is 23.3. The Hall–Kier alpha value is -4.72. The van der Waals surface area contributed by atoms with Crippen molar-refractivity contribution in [3.63, 3.8) is 0 Å². The summed E-state index contributed by atoms with van der Waals surface area (Å²) >= 11 is 0. The van der Waals surface area contributed by atoms with E-state index < -0.39 is 16.8 Å². The van der Waals surface area contributed by atoms with Crippen molar-refractivity contribution in [1.29, 1.82) is 0 Å². The van der Waals surface area contributed by atoms with Crippen molar-refractivity contribution in [2.75, 3.05) is 7.11 Å². The van der Waals surface area contributed by atoms with Gasteiger partial charge in [0.05, 0.1) is 12.7 Å². The summed E-state index contributed by atoms with van der Waals surface area (Å²) in [4.78, 5) is 24.5. The molecule has 0 fully saturated rings. The molecular weight excluding hydrogens is 428 g/mol. The van der Waals surface area contributed by atoms with E-state index in [1.54, 1.807) is 24.3 Å². The lowest BCUT2D eigenvalue weighted by atomic mass is 9.98. The van der Waals surface area contributed by atoms with Crippen molar-refractivity contribution >= 4 is 21.9 Å². The molecule has 0 amide bonds.